The summed E-state index contributed by atoms with van der Waals surface area (Å²) in [6.45, 7) is 8.84. The van der Waals surface area contributed by atoms with E-state index in [9.17, 15) is 0 Å². The first-order chi connectivity index (χ1) is 7.86. The van der Waals surface area contributed by atoms with Crippen LogP contribution in [-0.4, -0.2) is 69.3 Å². The van der Waals surface area contributed by atoms with Crippen LogP contribution in [0.1, 0.15) is 19.3 Å². The zero-order valence-corrected chi connectivity index (χ0v) is 10.7. The van der Waals surface area contributed by atoms with E-state index >= 15 is 0 Å². The van der Waals surface area contributed by atoms with Gasteiger partial charge in [0.15, 0.2) is 0 Å². The molecule has 0 aliphatic carbocycles. The fourth-order valence-corrected chi connectivity index (χ4v) is 2.11. The molecule has 0 unspecified atom stereocenters. The lowest BCUT2D eigenvalue weighted by atomic mass is 10.2. The van der Waals surface area contributed by atoms with Gasteiger partial charge in [-0.3, -0.25) is 4.90 Å². The summed E-state index contributed by atoms with van der Waals surface area (Å²) in [7, 11) is 1.77. The van der Waals surface area contributed by atoms with Gasteiger partial charge in [0.2, 0.25) is 0 Å². The Balaban J connectivity index is 1.98. The first-order valence-corrected chi connectivity index (χ1v) is 6.50. The Bertz CT molecular complexity index is 158. The Hall–Kier alpha value is -0.160. The summed E-state index contributed by atoms with van der Waals surface area (Å²) in [5.41, 5.74) is 5.48. The molecule has 0 aromatic rings. The minimum Gasteiger partial charge on any atom is -0.383 e. The molecule has 0 spiro atoms. The predicted molar refractivity (Wildman–Crippen MR) is 67.7 cm³/mol. The van der Waals surface area contributed by atoms with Crippen LogP contribution in [0.25, 0.3) is 0 Å². The van der Waals surface area contributed by atoms with Crippen LogP contribution < -0.4 is 5.73 Å². The molecule has 16 heavy (non-hydrogen) atoms. The van der Waals surface area contributed by atoms with Crippen molar-refractivity contribution in [3.63, 3.8) is 0 Å². The average Bonchev–Trinajstić information content (AvgIpc) is 2.33. The molecule has 1 aliphatic heterocycles. The summed E-state index contributed by atoms with van der Waals surface area (Å²) < 4.78 is 5.10. The van der Waals surface area contributed by atoms with E-state index in [1.54, 1.807) is 7.11 Å². The molecule has 1 aliphatic rings. The normalized spacial score (nSPS) is 19.1. The Morgan fingerprint density at radius 1 is 0.938 bits per heavy atom. The van der Waals surface area contributed by atoms with Crippen LogP contribution in [0.3, 0.4) is 0 Å². The number of nitrogens with zero attached hydrogens (tertiary/aromatic N) is 2. The maximum Gasteiger partial charge on any atom is 0.0589 e. The van der Waals surface area contributed by atoms with Crippen LogP contribution in [0.2, 0.25) is 0 Å². The van der Waals surface area contributed by atoms with Crippen molar-refractivity contribution >= 4 is 0 Å². The highest BCUT2D eigenvalue weighted by molar-refractivity contribution is 4.71. The molecule has 0 amide bonds. The molecule has 0 saturated carbocycles. The van der Waals surface area contributed by atoms with Crippen molar-refractivity contribution < 1.29 is 4.74 Å². The Morgan fingerprint density at radius 2 is 1.56 bits per heavy atom. The summed E-state index contributed by atoms with van der Waals surface area (Å²) in [5.74, 6) is 0. The lowest BCUT2D eigenvalue weighted by Gasteiger charge is -2.34. The second-order valence-electron chi connectivity index (χ2n) is 4.53. The van der Waals surface area contributed by atoms with Crippen LogP contribution in [0.4, 0.5) is 0 Å². The second-order valence-corrected chi connectivity index (χ2v) is 4.53. The number of unbranched alkanes of at least 4 members (excludes halogenated alkanes) is 2. The number of hydrogen-bond donors (Lipinski definition) is 1. The lowest BCUT2D eigenvalue weighted by Crippen LogP contribution is -2.47. The van der Waals surface area contributed by atoms with Crippen molar-refractivity contribution in [1.82, 2.24) is 9.80 Å². The maximum absolute atomic E-state index is 5.48. The van der Waals surface area contributed by atoms with Gasteiger partial charge in [-0.1, -0.05) is 6.42 Å². The van der Waals surface area contributed by atoms with Crippen molar-refractivity contribution in [2.24, 2.45) is 5.73 Å². The first kappa shape index (κ1) is 13.9. The SMILES string of the molecule is COCCN1CCN(CCCCCN)CC1. The molecule has 0 atom stereocenters. The molecular weight excluding hydrogens is 202 g/mol. The molecule has 4 nitrogen and oxygen atoms in total. The van der Waals surface area contributed by atoms with E-state index in [0.29, 0.717) is 0 Å². The summed E-state index contributed by atoms with van der Waals surface area (Å²) in [4.78, 5) is 5.06. The number of rotatable bonds is 8. The van der Waals surface area contributed by atoms with Gasteiger partial charge in [-0.15, -0.1) is 0 Å². The van der Waals surface area contributed by atoms with Crippen LogP contribution in [0, 0.1) is 0 Å². The van der Waals surface area contributed by atoms with Gasteiger partial charge in [-0.2, -0.15) is 0 Å². The third-order valence-corrected chi connectivity index (χ3v) is 3.26. The summed E-state index contributed by atoms with van der Waals surface area (Å²) >= 11 is 0. The topological polar surface area (TPSA) is 41.7 Å². The zero-order chi connectivity index (χ0) is 11.6. The molecule has 1 heterocycles. The van der Waals surface area contributed by atoms with Gasteiger partial charge < -0.3 is 15.4 Å². The van der Waals surface area contributed by atoms with Gasteiger partial charge in [0.25, 0.3) is 0 Å². The van der Waals surface area contributed by atoms with Crippen molar-refractivity contribution in [2.45, 2.75) is 19.3 Å². The third kappa shape index (κ3) is 5.80. The molecule has 0 radical (unpaired) electrons. The van der Waals surface area contributed by atoms with Crippen LogP contribution >= 0.6 is 0 Å². The third-order valence-electron chi connectivity index (χ3n) is 3.26. The number of nitrogens with two attached hydrogens (primary N) is 1. The predicted octanol–water partition coefficient (Wildman–Crippen LogP) is 0.379. The van der Waals surface area contributed by atoms with Gasteiger partial charge in [-0.25, -0.2) is 0 Å². The van der Waals surface area contributed by atoms with E-state index in [1.807, 2.05) is 0 Å². The van der Waals surface area contributed by atoms with E-state index in [2.05, 4.69) is 9.80 Å². The maximum atomic E-state index is 5.48. The molecule has 1 rings (SSSR count). The van der Waals surface area contributed by atoms with Crippen LogP contribution in [-0.2, 0) is 4.74 Å². The summed E-state index contributed by atoms with van der Waals surface area (Å²) in [6, 6.07) is 0. The van der Waals surface area contributed by atoms with Gasteiger partial charge in [0.05, 0.1) is 6.61 Å². The van der Waals surface area contributed by atoms with Gasteiger partial charge in [0, 0.05) is 39.8 Å². The minimum absolute atomic E-state index is 0.838. The van der Waals surface area contributed by atoms with Gasteiger partial charge in [0.1, 0.15) is 0 Å². The van der Waals surface area contributed by atoms with E-state index in [-0.39, 0.29) is 0 Å². The van der Waals surface area contributed by atoms with Crippen LogP contribution in [0.15, 0.2) is 0 Å². The molecule has 0 aromatic carbocycles. The Labute approximate surface area is 99.7 Å². The zero-order valence-electron chi connectivity index (χ0n) is 10.7. The highest BCUT2D eigenvalue weighted by Crippen LogP contribution is 2.04. The fourth-order valence-electron chi connectivity index (χ4n) is 2.11. The molecule has 1 fully saturated rings. The molecular formula is C12H27N3O. The minimum atomic E-state index is 0.838. The molecule has 0 aromatic heterocycles. The Kier molecular flexibility index (Phi) is 7.76. The van der Waals surface area contributed by atoms with E-state index in [4.69, 9.17) is 10.5 Å². The first-order valence-electron chi connectivity index (χ1n) is 6.50. The molecule has 0 bridgehead atoms. The van der Waals surface area contributed by atoms with E-state index in [0.717, 1.165) is 19.7 Å². The van der Waals surface area contributed by atoms with Crippen molar-refractivity contribution in [1.29, 1.82) is 0 Å². The standard InChI is InChI=1S/C12H27N3O/c1-16-12-11-15-9-7-14(8-10-15)6-4-2-3-5-13/h2-13H2,1H3. The fraction of sp³-hybridized carbons (Fsp3) is 1.00. The smallest absolute Gasteiger partial charge is 0.0589 e. The number of methoxy groups -OCH3 is 1. The van der Waals surface area contributed by atoms with Gasteiger partial charge in [-0.05, 0) is 25.9 Å². The van der Waals surface area contributed by atoms with Crippen LogP contribution in [0.5, 0.6) is 0 Å². The highest BCUT2D eigenvalue weighted by Gasteiger charge is 2.15. The molecule has 96 valence electrons. The van der Waals surface area contributed by atoms with Gasteiger partial charge >= 0.3 is 0 Å². The lowest BCUT2D eigenvalue weighted by molar-refractivity contribution is 0.0962. The summed E-state index contributed by atoms with van der Waals surface area (Å²) in [6.07, 6.45) is 3.75. The number of hydrogen-bond acceptors (Lipinski definition) is 4. The average molecular weight is 229 g/mol. The van der Waals surface area contributed by atoms with Crippen molar-refractivity contribution in [3.8, 4) is 0 Å². The molecule has 1 saturated heterocycles. The largest absolute Gasteiger partial charge is 0.383 e. The molecule has 4 heteroatoms. The van der Waals surface area contributed by atoms with Crippen molar-refractivity contribution in [2.75, 3.05) is 59.5 Å². The van der Waals surface area contributed by atoms with E-state index in [1.165, 1.54) is 52.0 Å². The summed E-state index contributed by atoms with van der Waals surface area (Å²) in [5, 5.41) is 0. The van der Waals surface area contributed by atoms with Crippen molar-refractivity contribution in [3.05, 3.63) is 0 Å². The second kappa shape index (κ2) is 8.93. The molecule has 2 N–H and O–H groups in total. The highest BCUT2D eigenvalue weighted by atomic mass is 16.5. The van der Waals surface area contributed by atoms with E-state index < -0.39 is 0 Å². The monoisotopic (exact) mass is 229 g/mol. The quantitative estimate of drug-likeness (QED) is 0.611. The Morgan fingerprint density at radius 3 is 2.12 bits per heavy atom. The number of ether oxygens (including phenoxy) is 1. The number of piperazine rings is 1.